The molecule has 5 nitrogen and oxygen atoms in total. The van der Waals surface area contributed by atoms with Gasteiger partial charge in [-0.05, 0) is 35.0 Å². The van der Waals surface area contributed by atoms with Crippen molar-refractivity contribution >= 4 is 33.5 Å². The zero-order chi connectivity index (χ0) is 14.1. The summed E-state index contributed by atoms with van der Waals surface area (Å²) in [5.41, 5.74) is 0.850. The van der Waals surface area contributed by atoms with Crippen LogP contribution in [0.3, 0.4) is 0 Å². The van der Waals surface area contributed by atoms with Gasteiger partial charge in [0.2, 0.25) is 5.95 Å². The van der Waals surface area contributed by atoms with E-state index in [-0.39, 0.29) is 0 Å². The van der Waals surface area contributed by atoms with Crippen molar-refractivity contribution in [2.45, 2.75) is 13.0 Å². The van der Waals surface area contributed by atoms with Crippen molar-refractivity contribution in [3.63, 3.8) is 0 Å². The molecule has 0 radical (unpaired) electrons. The molecule has 0 spiro atoms. The number of anilines is 1. The van der Waals surface area contributed by atoms with Crippen LogP contribution in [0.15, 0.2) is 22.7 Å². The van der Waals surface area contributed by atoms with E-state index in [4.69, 9.17) is 11.6 Å². The van der Waals surface area contributed by atoms with E-state index < -0.39 is 0 Å². The van der Waals surface area contributed by atoms with Crippen LogP contribution in [0.25, 0.3) is 11.4 Å². The molecule has 7 heteroatoms. The lowest BCUT2D eigenvalue weighted by atomic mass is 10.2. The van der Waals surface area contributed by atoms with Crippen LogP contribution in [0.4, 0.5) is 5.95 Å². The molecule has 1 aliphatic rings. The molecule has 0 saturated carbocycles. The molecule has 20 heavy (non-hydrogen) atoms. The van der Waals surface area contributed by atoms with Crippen molar-refractivity contribution in [1.29, 1.82) is 0 Å². The van der Waals surface area contributed by atoms with E-state index in [0.717, 1.165) is 35.6 Å². The number of H-pyrrole nitrogens is 1. The van der Waals surface area contributed by atoms with Gasteiger partial charge in [-0.1, -0.05) is 17.7 Å². The van der Waals surface area contributed by atoms with Gasteiger partial charge in [-0.25, -0.2) is 0 Å². The van der Waals surface area contributed by atoms with Gasteiger partial charge in [-0.2, -0.15) is 4.98 Å². The molecule has 1 aromatic carbocycles. The third-order valence-corrected chi connectivity index (χ3v) is 4.63. The maximum absolute atomic E-state index is 6.29. The zero-order valence-corrected chi connectivity index (χ0v) is 13.4. The second kappa shape index (κ2) is 5.71. The summed E-state index contributed by atoms with van der Waals surface area (Å²) in [6.45, 7) is 4.92. The largest absolute Gasteiger partial charge is 0.337 e. The van der Waals surface area contributed by atoms with Crippen LogP contribution in [-0.2, 0) is 0 Å². The predicted molar refractivity (Wildman–Crippen MR) is 84.2 cm³/mol. The maximum Gasteiger partial charge on any atom is 0.245 e. The molecule has 106 valence electrons. The van der Waals surface area contributed by atoms with Crippen molar-refractivity contribution in [3.05, 3.63) is 27.7 Å². The molecular formula is C13H15BrClN5. The monoisotopic (exact) mass is 355 g/mol. The average Bonchev–Trinajstić information content (AvgIpc) is 2.91. The third-order valence-electron chi connectivity index (χ3n) is 3.33. The second-order valence-electron chi connectivity index (χ2n) is 4.89. The molecule has 0 aliphatic carbocycles. The van der Waals surface area contributed by atoms with Crippen molar-refractivity contribution in [1.82, 2.24) is 20.5 Å². The lowest BCUT2D eigenvalue weighted by molar-refractivity contribution is 0.480. The lowest BCUT2D eigenvalue weighted by Crippen LogP contribution is -2.49. The Kier molecular flexibility index (Phi) is 3.96. The fourth-order valence-electron chi connectivity index (χ4n) is 2.32. The van der Waals surface area contributed by atoms with Gasteiger partial charge in [0.1, 0.15) is 0 Å². The minimum absolute atomic E-state index is 0.445. The summed E-state index contributed by atoms with van der Waals surface area (Å²) in [4.78, 5) is 6.74. The second-order valence-corrected chi connectivity index (χ2v) is 6.12. The number of rotatable bonds is 2. The quantitative estimate of drug-likeness (QED) is 0.868. The first-order valence-electron chi connectivity index (χ1n) is 6.50. The molecule has 0 bridgehead atoms. The predicted octanol–water partition coefficient (Wildman–Crippen LogP) is 2.69. The lowest BCUT2D eigenvalue weighted by Gasteiger charge is -2.30. The van der Waals surface area contributed by atoms with E-state index in [0.29, 0.717) is 16.9 Å². The molecule has 1 saturated heterocycles. The highest BCUT2D eigenvalue weighted by Gasteiger charge is 2.20. The van der Waals surface area contributed by atoms with Gasteiger partial charge in [0.15, 0.2) is 5.82 Å². The number of nitrogens with zero attached hydrogens (tertiary/aromatic N) is 3. The molecular weight excluding hydrogens is 342 g/mol. The number of aromatic amines is 1. The molecule has 1 aliphatic heterocycles. The van der Waals surface area contributed by atoms with Gasteiger partial charge < -0.3 is 10.2 Å². The summed E-state index contributed by atoms with van der Waals surface area (Å²) in [5, 5.41) is 11.3. The molecule has 1 atom stereocenters. The van der Waals surface area contributed by atoms with Gasteiger partial charge in [-0.15, -0.1) is 5.10 Å². The first kappa shape index (κ1) is 13.9. The fraction of sp³-hybridized carbons (Fsp3) is 0.385. The number of hydrogen-bond donors (Lipinski definition) is 2. The summed E-state index contributed by atoms with van der Waals surface area (Å²) in [5.74, 6) is 1.42. The molecule has 1 fully saturated rings. The van der Waals surface area contributed by atoms with Crippen LogP contribution in [0, 0.1) is 0 Å². The molecule has 0 unspecified atom stereocenters. The fourth-order valence-corrected chi connectivity index (χ4v) is 2.90. The number of halogens is 2. The summed E-state index contributed by atoms with van der Waals surface area (Å²) < 4.78 is 0.852. The van der Waals surface area contributed by atoms with Crippen molar-refractivity contribution in [2.24, 2.45) is 0 Å². The maximum atomic E-state index is 6.29. The highest BCUT2D eigenvalue weighted by molar-refractivity contribution is 9.10. The van der Waals surface area contributed by atoms with Crippen LogP contribution in [-0.4, -0.2) is 40.9 Å². The topological polar surface area (TPSA) is 56.8 Å². The van der Waals surface area contributed by atoms with Crippen molar-refractivity contribution in [3.8, 4) is 11.4 Å². The standard InChI is InChI=1S/C13H15BrClN5/c1-8-7-20(6-5-16-8)13-17-12(18-19-13)9-3-2-4-10(14)11(9)15/h2-4,8,16H,5-7H2,1H3,(H,17,18,19)/t8-/m0/s1. The molecule has 3 rings (SSSR count). The number of aromatic nitrogens is 3. The number of piperazine rings is 1. The Bertz CT molecular complexity index is 615. The molecule has 2 N–H and O–H groups in total. The van der Waals surface area contributed by atoms with Crippen LogP contribution in [0.1, 0.15) is 6.92 Å². The van der Waals surface area contributed by atoms with Crippen LogP contribution < -0.4 is 10.2 Å². The Morgan fingerprint density at radius 3 is 3.10 bits per heavy atom. The molecule has 2 heterocycles. The van der Waals surface area contributed by atoms with Crippen LogP contribution >= 0.6 is 27.5 Å². The number of benzene rings is 1. The summed E-state index contributed by atoms with van der Waals surface area (Å²) in [6.07, 6.45) is 0. The van der Waals surface area contributed by atoms with E-state index >= 15 is 0 Å². The number of hydrogen-bond acceptors (Lipinski definition) is 4. The van der Waals surface area contributed by atoms with E-state index in [1.54, 1.807) is 0 Å². The van der Waals surface area contributed by atoms with E-state index in [9.17, 15) is 0 Å². The summed E-state index contributed by atoms with van der Waals surface area (Å²) in [6, 6.07) is 6.21. The van der Waals surface area contributed by atoms with Crippen molar-refractivity contribution in [2.75, 3.05) is 24.5 Å². The van der Waals surface area contributed by atoms with Crippen molar-refractivity contribution < 1.29 is 0 Å². The third kappa shape index (κ3) is 2.68. The smallest absolute Gasteiger partial charge is 0.245 e. The SMILES string of the molecule is C[C@H]1CN(c2n[nH]c(-c3cccc(Br)c3Cl)n2)CCN1. The Labute approximate surface area is 130 Å². The Morgan fingerprint density at radius 2 is 2.30 bits per heavy atom. The first-order chi connectivity index (χ1) is 9.65. The van der Waals surface area contributed by atoms with Gasteiger partial charge in [0.05, 0.1) is 5.02 Å². The first-order valence-corrected chi connectivity index (χ1v) is 7.67. The Balaban J connectivity index is 1.88. The molecule has 2 aromatic rings. The van der Waals surface area contributed by atoms with E-state index in [1.807, 2.05) is 18.2 Å². The van der Waals surface area contributed by atoms with Crippen LogP contribution in [0.2, 0.25) is 5.02 Å². The van der Waals surface area contributed by atoms with E-state index in [1.165, 1.54) is 0 Å². The Hall–Kier alpha value is -1.11. The van der Waals surface area contributed by atoms with Gasteiger partial charge >= 0.3 is 0 Å². The minimum Gasteiger partial charge on any atom is -0.337 e. The van der Waals surface area contributed by atoms with Gasteiger partial charge in [0, 0.05) is 35.7 Å². The highest BCUT2D eigenvalue weighted by atomic mass is 79.9. The summed E-state index contributed by atoms with van der Waals surface area (Å²) >= 11 is 9.71. The normalized spacial score (nSPS) is 19.4. The summed E-state index contributed by atoms with van der Waals surface area (Å²) in [7, 11) is 0. The highest BCUT2D eigenvalue weighted by Crippen LogP contribution is 2.32. The molecule has 1 aromatic heterocycles. The van der Waals surface area contributed by atoms with E-state index in [2.05, 4.69) is 48.3 Å². The minimum atomic E-state index is 0.445. The number of nitrogens with one attached hydrogen (secondary N) is 2. The van der Waals surface area contributed by atoms with Gasteiger partial charge in [0.25, 0.3) is 0 Å². The van der Waals surface area contributed by atoms with Crippen LogP contribution in [0.5, 0.6) is 0 Å². The zero-order valence-electron chi connectivity index (χ0n) is 11.0. The average molecular weight is 357 g/mol. The van der Waals surface area contributed by atoms with Gasteiger partial charge in [-0.3, -0.25) is 5.10 Å². The molecule has 0 amide bonds. The Morgan fingerprint density at radius 1 is 1.45 bits per heavy atom.